The molecule has 0 aliphatic carbocycles. The summed E-state index contributed by atoms with van der Waals surface area (Å²) in [6.07, 6.45) is -0.478. The molecule has 0 radical (unpaired) electrons. The third-order valence-corrected chi connectivity index (χ3v) is 7.06. The van der Waals surface area contributed by atoms with Crippen molar-refractivity contribution in [2.75, 3.05) is 10.8 Å². The van der Waals surface area contributed by atoms with Crippen LogP contribution in [0.5, 0.6) is 0 Å². The van der Waals surface area contributed by atoms with Crippen molar-refractivity contribution in [2.45, 2.75) is 30.9 Å². The van der Waals surface area contributed by atoms with E-state index in [9.17, 15) is 18.3 Å². The van der Waals surface area contributed by atoms with Gasteiger partial charge in [-0.1, -0.05) is 48.0 Å². The molecule has 1 amide bonds. The van der Waals surface area contributed by atoms with Crippen LogP contribution in [-0.2, 0) is 21.4 Å². The van der Waals surface area contributed by atoms with Crippen molar-refractivity contribution >= 4 is 27.3 Å². The zero-order chi connectivity index (χ0) is 22.0. The molecule has 6 nitrogen and oxygen atoms in total. The number of carbonyl (C=O) groups is 1. The van der Waals surface area contributed by atoms with Gasteiger partial charge >= 0.3 is 0 Å². The van der Waals surface area contributed by atoms with Crippen LogP contribution in [0.2, 0.25) is 0 Å². The lowest BCUT2D eigenvalue weighted by Crippen LogP contribution is -2.27. The molecular formula is C24H24N2O4S. The molecule has 0 bridgehead atoms. The molecule has 3 aromatic rings. The third kappa shape index (κ3) is 4.47. The van der Waals surface area contributed by atoms with Crippen LogP contribution in [0.3, 0.4) is 0 Å². The van der Waals surface area contributed by atoms with Gasteiger partial charge in [0.25, 0.3) is 10.0 Å². The highest BCUT2D eigenvalue weighted by Crippen LogP contribution is 2.32. The summed E-state index contributed by atoms with van der Waals surface area (Å²) < 4.78 is 28.4. The minimum atomic E-state index is -3.84. The van der Waals surface area contributed by atoms with Crippen LogP contribution in [0.4, 0.5) is 11.4 Å². The number of benzene rings is 3. The van der Waals surface area contributed by atoms with Crippen LogP contribution >= 0.6 is 0 Å². The topological polar surface area (TPSA) is 77.9 Å². The Morgan fingerprint density at radius 3 is 2.13 bits per heavy atom. The Morgan fingerprint density at radius 1 is 0.935 bits per heavy atom. The van der Waals surface area contributed by atoms with Crippen molar-refractivity contribution in [1.82, 2.24) is 4.90 Å². The fourth-order valence-electron chi connectivity index (χ4n) is 3.67. The Balaban J connectivity index is 1.68. The second kappa shape index (κ2) is 8.53. The summed E-state index contributed by atoms with van der Waals surface area (Å²) in [7, 11) is -3.84. The average molecular weight is 437 g/mol. The lowest BCUT2D eigenvalue weighted by atomic mass is 10.2. The minimum absolute atomic E-state index is 0.0792. The van der Waals surface area contributed by atoms with Gasteiger partial charge in [-0.3, -0.25) is 4.79 Å². The number of hydrogen-bond donors (Lipinski definition) is 1. The van der Waals surface area contributed by atoms with Gasteiger partial charge in [0.2, 0.25) is 5.91 Å². The number of likely N-dealkylation sites (tertiary alicyclic amines) is 1. The summed E-state index contributed by atoms with van der Waals surface area (Å²) in [5.41, 5.74) is 2.89. The Kier molecular flexibility index (Phi) is 5.80. The first kappa shape index (κ1) is 21.1. The number of amides is 1. The average Bonchev–Trinajstić information content (AvgIpc) is 3.07. The predicted octanol–water partition coefficient (Wildman–Crippen LogP) is 3.62. The summed E-state index contributed by atoms with van der Waals surface area (Å²) in [6.45, 7) is 2.61. The number of hydrogen-bond acceptors (Lipinski definition) is 4. The maximum Gasteiger partial charge on any atom is 0.268 e. The number of anilines is 2. The molecule has 3 aromatic carbocycles. The van der Waals surface area contributed by atoms with Crippen molar-refractivity contribution in [1.29, 1.82) is 0 Å². The van der Waals surface area contributed by atoms with Gasteiger partial charge < -0.3 is 10.0 Å². The number of nitrogens with zero attached hydrogens (tertiary/aromatic N) is 2. The van der Waals surface area contributed by atoms with E-state index in [2.05, 4.69) is 0 Å². The molecule has 4 rings (SSSR count). The highest BCUT2D eigenvalue weighted by Gasteiger charge is 2.29. The van der Waals surface area contributed by atoms with Gasteiger partial charge in [0.05, 0.1) is 28.8 Å². The Morgan fingerprint density at radius 2 is 1.55 bits per heavy atom. The van der Waals surface area contributed by atoms with E-state index in [-0.39, 0.29) is 17.2 Å². The minimum Gasteiger partial charge on any atom is -0.391 e. The normalized spacial score (nSPS) is 16.5. The maximum absolute atomic E-state index is 13.5. The molecule has 31 heavy (non-hydrogen) atoms. The van der Waals surface area contributed by atoms with Crippen LogP contribution in [0.1, 0.15) is 17.5 Å². The zero-order valence-corrected chi connectivity index (χ0v) is 18.0. The summed E-state index contributed by atoms with van der Waals surface area (Å²) in [4.78, 5) is 13.8. The fraction of sp³-hybridized carbons (Fsp3) is 0.208. The molecule has 1 heterocycles. The number of carbonyl (C=O) groups excluding carboxylic acids is 1. The van der Waals surface area contributed by atoms with Gasteiger partial charge in [-0.15, -0.1) is 0 Å². The molecule has 160 valence electrons. The van der Waals surface area contributed by atoms with Crippen molar-refractivity contribution in [2.24, 2.45) is 0 Å². The number of β-amino-alcohol motifs (C(OH)–C–C–N with tert-alkyl or cyclic N) is 1. The highest BCUT2D eigenvalue weighted by atomic mass is 32.2. The van der Waals surface area contributed by atoms with Gasteiger partial charge in [0, 0.05) is 13.1 Å². The van der Waals surface area contributed by atoms with Crippen LogP contribution in [-0.4, -0.2) is 37.0 Å². The molecule has 0 saturated carbocycles. The van der Waals surface area contributed by atoms with Crippen LogP contribution in [0.25, 0.3) is 0 Å². The standard InChI is InChI=1S/C24H24N2O4S/c1-18-7-13-23(14-8-18)31(29,30)26(20-5-3-2-4-6-20)21-11-9-19(10-12-21)16-25-17-22(27)15-24(25)28/h2-14,22,27H,15-17H2,1H3. The van der Waals surface area contributed by atoms with E-state index >= 15 is 0 Å². The quantitative estimate of drug-likeness (QED) is 0.640. The zero-order valence-electron chi connectivity index (χ0n) is 17.2. The van der Waals surface area contributed by atoms with Gasteiger partial charge in [0.15, 0.2) is 0 Å². The van der Waals surface area contributed by atoms with E-state index in [0.29, 0.717) is 24.5 Å². The van der Waals surface area contributed by atoms with Gasteiger partial charge in [0.1, 0.15) is 0 Å². The first-order chi connectivity index (χ1) is 14.8. The number of sulfonamides is 1. The van der Waals surface area contributed by atoms with E-state index in [1.165, 1.54) is 4.31 Å². The molecule has 1 atom stereocenters. The summed E-state index contributed by atoms with van der Waals surface area (Å²) >= 11 is 0. The summed E-state index contributed by atoms with van der Waals surface area (Å²) in [5, 5.41) is 9.67. The predicted molar refractivity (Wildman–Crippen MR) is 119 cm³/mol. The van der Waals surface area contributed by atoms with Crippen LogP contribution in [0.15, 0.2) is 83.8 Å². The first-order valence-electron chi connectivity index (χ1n) is 10.1. The highest BCUT2D eigenvalue weighted by molar-refractivity contribution is 7.93. The number of para-hydroxylation sites is 1. The van der Waals surface area contributed by atoms with Crippen LogP contribution in [0, 0.1) is 6.92 Å². The van der Waals surface area contributed by atoms with Crippen LogP contribution < -0.4 is 4.31 Å². The van der Waals surface area contributed by atoms with Gasteiger partial charge in [-0.25, -0.2) is 12.7 Å². The Labute approximate surface area is 182 Å². The van der Waals surface area contributed by atoms with E-state index < -0.39 is 16.1 Å². The largest absolute Gasteiger partial charge is 0.391 e. The SMILES string of the molecule is Cc1ccc(S(=O)(=O)N(c2ccccc2)c2ccc(CN3CC(O)CC3=O)cc2)cc1. The molecule has 1 N–H and O–H groups in total. The molecule has 1 unspecified atom stereocenters. The number of aliphatic hydroxyl groups excluding tert-OH is 1. The molecule has 1 saturated heterocycles. The lowest BCUT2D eigenvalue weighted by Gasteiger charge is -2.25. The summed E-state index contributed by atoms with van der Waals surface area (Å²) in [5.74, 6) is -0.0792. The van der Waals surface area contributed by atoms with E-state index in [0.717, 1.165) is 11.1 Å². The molecular weight excluding hydrogens is 412 g/mol. The third-order valence-electron chi connectivity index (χ3n) is 5.29. The van der Waals surface area contributed by atoms with Crippen molar-refractivity contribution < 1.29 is 18.3 Å². The Hall–Kier alpha value is -3.16. The van der Waals surface area contributed by atoms with E-state index in [4.69, 9.17) is 0 Å². The molecule has 1 aliphatic heterocycles. The number of aliphatic hydroxyl groups is 1. The van der Waals surface area contributed by atoms with E-state index in [1.54, 1.807) is 65.6 Å². The second-order valence-corrected chi connectivity index (χ2v) is 9.50. The number of rotatable bonds is 6. The molecule has 0 spiro atoms. The number of aryl methyl sites for hydroxylation is 1. The lowest BCUT2D eigenvalue weighted by molar-refractivity contribution is -0.128. The molecule has 0 aromatic heterocycles. The fourth-order valence-corrected chi connectivity index (χ4v) is 5.16. The van der Waals surface area contributed by atoms with Crippen molar-refractivity contribution in [3.05, 3.63) is 90.0 Å². The molecule has 1 fully saturated rings. The van der Waals surface area contributed by atoms with Gasteiger partial charge in [-0.2, -0.15) is 0 Å². The molecule has 1 aliphatic rings. The maximum atomic E-state index is 13.5. The van der Waals surface area contributed by atoms with Crippen molar-refractivity contribution in [3.8, 4) is 0 Å². The van der Waals surface area contributed by atoms with Gasteiger partial charge in [-0.05, 0) is 48.9 Å². The molecule has 7 heteroatoms. The first-order valence-corrected chi connectivity index (χ1v) is 11.5. The smallest absolute Gasteiger partial charge is 0.268 e. The summed E-state index contributed by atoms with van der Waals surface area (Å²) in [6, 6.07) is 22.8. The van der Waals surface area contributed by atoms with Crippen molar-refractivity contribution in [3.63, 3.8) is 0 Å². The Bertz CT molecular complexity index is 1160. The monoisotopic (exact) mass is 436 g/mol. The second-order valence-electron chi connectivity index (χ2n) is 7.72. The van der Waals surface area contributed by atoms with E-state index in [1.807, 2.05) is 25.1 Å².